The highest BCUT2D eigenvalue weighted by Gasteiger charge is 2.28. The highest BCUT2D eigenvalue weighted by molar-refractivity contribution is 7.99. The van der Waals surface area contributed by atoms with Crippen LogP contribution in [0.4, 0.5) is 4.39 Å². The summed E-state index contributed by atoms with van der Waals surface area (Å²) in [7, 11) is 0. The summed E-state index contributed by atoms with van der Waals surface area (Å²) in [6.45, 7) is -0.221. The first-order valence-electron chi connectivity index (χ1n) is 5.92. The van der Waals surface area contributed by atoms with Crippen molar-refractivity contribution in [2.45, 2.75) is 35.5 Å². The van der Waals surface area contributed by atoms with E-state index in [9.17, 15) is 9.18 Å². The largest absolute Gasteiger partial charge is 0.392 e. The third-order valence-electron chi connectivity index (χ3n) is 2.91. The predicted octanol–water partition coefficient (Wildman–Crippen LogP) is 1.69. The van der Waals surface area contributed by atoms with E-state index in [1.807, 2.05) is 0 Å². The molecule has 0 unspecified atom stereocenters. The number of hydrogen-bond acceptors (Lipinski definition) is 4. The molecule has 0 bridgehead atoms. The quantitative estimate of drug-likeness (QED) is 0.894. The molecule has 100 valence electrons. The second kappa shape index (κ2) is 4.82. The van der Waals surface area contributed by atoms with E-state index in [0.29, 0.717) is 15.6 Å². The highest BCUT2D eigenvalue weighted by Crippen LogP contribution is 2.37. The third-order valence-corrected chi connectivity index (χ3v) is 3.85. The molecule has 1 aromatic heterocycles. The molecule has 1 aliphatic carbocycles. The Kier molecular flexibility index (Phi) is 3.16. The molecule has 0 amide bonds. The van der Waals surface area contributed by atoms with E-state index in [-0.39, 0.29) is 18.3 Å². The fourth-order valence-electron chi connectivity index (χ4n) is 1.89. The van der Waals surface area contributed by atoms with Crippen molar-refractivity contribution in [2.24, 2.45) is 0 Å². The van der Waals surface area contributed by atoms with Gasteiger partial charge in [0.25, 0.3) is 0 Å². The van der Waals surface area contributed by atoms with Crippen molar-refractivity contribution in [1.82, 2.24) is 14.8 Å². The summed E-state index contributed by atoms with van der Waals surface area (Å²) in [5, 5.41) is 16.0. The van der Waals surface area contributed by atoms with Crippen molar-refractivity contribution in [1.29, 1.82) is 0 Å². The van der Waals surface area contributed by atoms with Gasteiger partial charge in [0, 0.05) is 10.9 Å². The van der Waals surface area contributed by atoms with Gasteiger partial charge in [-0.1, -0.05) is 0 Å². The minimum absolute atomic E-state index is 0.208. The Morgan fingerprint density at radius 2 is 2.26 bits per heavy atom. The van der Waals surface area contributed by atoms with Gasteiger partial charge < -0.3 is 5.11 Å². The van der Waals surface area contributed by atoms with Gasteiger partial charge in [0.05, 0.1) is 6.61 Å². The SMILES string of the molecule is O=c1[nH]nc(Sc2cc(F)cc(CO)c2)n1C1CC1. The summed E-state index contributed by atoms with van der Waals surface area (Å²) in [4.78, 5) is 12.2. The molecule has 3 rings (SSSR count). The highest BCUT2D eigenvalue weighted by atomic mass is 32.2. The normalized spacial score (nSPS) is 14.8. The fraction of sp³-hybridized carbons (Fsp3) is 0.333. The maximum Gasteiger partial charge on any atom is 0.344 e. The Balaban J connectivity index is 1.93. The van der Waals surface area contributed by atoms with Gasteiger partial charge in [-0.15, -0.1) is 5.10 Å². The molecular weight excluding hydrogens is 269 g/mol. The van der Waals surface area contributed by atoms with Gasteiger partial charge in [-0.2, -0.15) is 0 Å². The van der Waals surface area contributed by atoms with E-state index in [4.69, 9.17) is 5.11 Å². The van der Waals surface area contributed by atoms with E-state index in [1.165, 1.54) is 23.9 Å². The molecule has 1 fully saturated rings. The van der Waals surface area contributed by atoms with Gasteiger partial charge in [-0.25, -0.2) is 14.3 Å². The minimum Gasteiger partial charge on any atom is -0.392 e. The lowest BCUT2D eigenvalue weighted by Gasteiger charge is -2.05. The number of aliphatic hydroxyl groups excluding tert-OH is 1. The van der Waals surface area contributed by atoms with Gasteiger partial charge in [0.15, 0.2) is 5.16 Å². The zero-order valence-corrected chi connectivity index (χ0v) is 10.8. The monoisotopic (exact) mass is 281 g/mol. The molecule has 0 aliphatic heterocycles. The third kappa shape index (κ3) is 2.57. The standard InChI is InChI=1S/C12H12FN3O2S/c13-8-3-7(6-17)4-10(5-8)19-12-15-14-11(18)16(12)9-1-2-9/h3-5,9,17H,1-2,6H2,(H,14,18). The van der Waals surface area contributed by atoms with Crippen molar-refractivity contribution in [3.05, 3.63) is 40.1 Å². The van der Waals surface area contributed by atoms with Gasteiger partial charge in [-0.05, 0) is 48.4 Å². The van der Waals surface area contributed by atoms with Crippen LogP contribution in [0.1, 0.15) is 24.4 Å². The minimum atomic E-state index is -0.412. The van der Waals surface area contributed by atoms with E-state index >= 15 is 0 Å². The van der Waals surface area contributed by atoms with Gasteiger partial charge in [0.1, 0.15) is 5.82 Å². The molecule has 19 heavy (non-hydrogen) atoms. The number of nitrogens with zero attached hydrogens (tertiary/aromatic N) is 2. The Morgan fingerprint density at radius 3 is 2.95 bits per heavy atom. The Labute approximate surface area is 112 Å². The molecular formula is C12H12FN3O2S. The number of aromatic nitrogens is 3. The molecule has 1 aliphatic rings. The molecule has 0 saturated heterocycles. The topological polar surface area (TPSA) is 70.9 Å². The summed E-state index contributed by atoms with van der Waals surface area (Å²) in [5.41, 5.74) is 0.266. The number of aromatic amines is 1. The van der Waals surface area contributed by atoms with Crippen molar-refractivity contribution in [3.8, 4) is 0 Å². The molecule has 1 saturated carbocycles. The second-order valence-corrected chi connectivity index (χ2v) is 5.51. The molecule has 0 spiro atoms. The summed E-state index contributed by atoms with van der Waals surface area (Å²) in [6, 6.07) is 4.53. The molecule has 7 heteroatoms. The second-order valence-electron chi connectivity index (χ2n) is 4.47. The van der Waals surface area contributed by atoms with Gasteiger partial charge in [0.2, 0.25) is 0 Å². The summed E-state index contributed by atoms with van der Waals surface area (Å²) in [5.74, 6) is -0.412. The molecule has 1 aromatic carbocycles. The lowest BCUT2D eigenvalue weighted by molar-refractivity contribution is 0.281. The summed E-state index contributed by atoms with van der Waals surface area (Å²) >= 11 is 1.22. The lowest BCUT2D eigenvalue weighted by atomic mass is 10.2. The summed E-state index contributed by atoms with van der Waals surface area (Å²) < 4.78 is 15.0. The van der Waals surface area contributed by atoms with Crippen LogP contribution >= 0.6 is 11.8 Å². The van der Waals surface area contributed by atoms with E-state index < -0.39 is 5.82 Å². The first-order chi connectivity index (χ1) is 9.17. The molecule has 2 aromatic rings. The van der Waals surface area contributed by atoms with Crippen LogP contribution in [-0.2, 0) is 6.61 Å². The Morgan fingerprint density at radius 1 is 1.47 bits per heavy atom. The number of nitrogens with one attached hydrogen (secondary N) is 1. The Bertz CT molecular complexity index is 663. The van der Waals surface area contributed by atoms with E-state index in [0.717, 1.165) is 12.8 Å². The van der Waals surface area contributed by atoms with Crippen LogP contribution < -0.4 is 5.69 Å². The maximum absolute atomic E-state index is 13.4. The Hall–Kier alpha value is -1.60. The van der Waals surface area contributed by atoms with Crippen molar-refractivity contribution in [3.63, 3.8) is 0 Å². The molecule has 0 radical (unpaired) electrons. The van der Waals surface area contributed by atoms with E-state index in [1.54, 1.807) is 10.6 Å². The first kappa shape index (κ1) is 12.4. The lowest BCUT2D eigenvalue weighted by Crippen LogP contribution is -2.15. The van der Waals surface area contributed by atoms with Crippen LogP contribution in [0.25, 0.3) is 0 Å². The molecule has 5 nitrogen and oxygen atoms in total. The van der Waals surface area contributed by atoms with Crippen LogP contribution in [0.2, 0.25) is 0 Å². The average Bonchev–Trinajstić information content (AvgIpc) is 3.14. The van der Waals surface area contributed by atoms with Crippen LogP contribution in [-0.4, -0.2) is 19.9 Å². The number of hydrogen-bond donors (Lipinski definition) is 2. The van der Waals surface area contributed by atoms with E-state index in [2.05, 4.69) is 10.2 Å². The number of H-pyrrole nitrogens is 1. The number of aliphatic hydroxyl groups is 1. The summed E-state index contributed by atoms with van der Waals surface area (Å²) in [6.07, 6.45) is 1.94. The van der Waals surface area contributed by atoms with Crippen LogP contribution in [0.15, 0.2) is 33.0 Å². The van der Waals surface area contributed by atoms with Crippen molar-refractivity contribution < 1.29 is 9.50 Å². The zero-order valence-electron chi connectivity index (χ0n) is 9.97. The van der Waals surface area contributed by atoms with Crippen molar-refractivity contribution in [2.75, 3.05) is 0 Å². The number of halogens is 1. The first-order valence-corrected chi connectivity index (χ1v) is 6.74. The predicted molar refractivity (Wildman–Crippen MR) is 67.6 cm³/mol. The molecule has 1 heterocycles. The molecule has 0 atom stereocenters. The smallest absolute Gasteiger partial charge is 0.344 e. The van der Waals surface area contributed by atoms with Gasteiger partial charge in [-0.3, -0.25) is 4.57 Å². The van der Waals surface area contributed by atoms with Gasteiger partial charge >= 0.3 is 5.69 Å². The zero-order chi connectivity index (χ0) is 13.4. The molecule has 2 N–H and O–H groups in total. The number of rotatable bonds is 4. The number of benzene rings is 1. The average molecular weight is 281 g/mol. The maximum atomic E-state index is 13.4. The fourth-order valence-corrected chi connectivity index (χ4v) is 2.91. The van der Waals surface area contributed by atoms with Crippen LogP contribution in [0.5, 0.6) is 0 Å². The van der Waals surface area contributed by atoms with Crippen LogP contribution in [0.3, 0.4) is 0 Å². The van der Waals surface area contributed by atoms with Crippen LogP contribution in [0, 0.1) is 5.82 Å². The van der Waals surface area contributed by atoms with Crippen molar-refractivity contribution >= 4 is 11.8 Å².